The van der Waals surface area contributed by atoms with Gasteiger partial charge in [-0.25, -0.2) is 0 Å². The lowest BCUT2D eigenvalue weighted by Crippen LogP contribution is -2.17. The predicted molar refractivity (Wildman–Crippen MR) is 111 cm³/mol. The maximum Gasteiger partial charge on any atom is -0.0143 e. The summed E-state index contributed by atoms with van der Waals surface area (Å²) in [5.41, 5.74) is 10.9. The molecule has 0 aliphatic heterocycles. The third-order valence-electron chi connectivity index (χ3n) is 7.17. The van der Waals surface area contributed by atoms with Crippen molar-refractivity contribution in [2.24, 2.45) is 11.8 Å². The molecule has 2 aromatic carbocycles. The van der Waals surface area contributed by atoms with E-state index in [0.717, 1.165) is 18.3 Å². The average Bonchev–Trinajstić information content (AvgIpc) is 3.22. The lowest BCUT2D eigenvalue weighted by molar-refractivity contribution is 0.381. The maximum absolute atomic E-state index is 4.34. The van der Waals surface area contributed by atoms with Crippen LogP contribution in [0.4, 0.5) is 0 Å². The Hall–Kier alpha value is -1.82. The third kappa shape index (κ3) is 2.66. The summed E-state index contributed by atoms with van der Waals surface area (Å²) in [4.78, 5) is 0. The van der Waals surface area contributed by atoms with Crippen LogP contribution in [0.5, 0.6) is 0 Å². The molecule has 0 amide bonds. The second kappa shape index (κ2) is 6.72. The van der Waals surface area contributed by atoms with E-state index in [9.17, 15) is 0 Å². The molecule has 1 radical (unpaired) electrons. The maximum atomic E-state index is 4.34. The van der Waals surface area contributed by atoms with Gasteiger partial charge in [-0.2, -0.15) is 0 Å². The van der Waals surface area contributed by atoms with E-state index in [-0.39, 0.29) is 0 Å². The Morgan fingerprint density at radius 1 is 0.846 bits per heavy atom. The van der Waals surface area contributed by atoms with Crippen LogP contribution >= 0.6 is 0 Å². The summed E-state index contributed by atoms with van der Waals surface area (Å²) in [7, 11) is 0. The zero-order valence-corrected chi connectivity index (χ0v) is 15.8. The SMILES string of the molecule is [CH2]CC(C1=Cc2c(ccc3c2CCc2ccccc2-3)CC1)C1CCCC1. The Kier molecular flexibility index (Phi) is 4.23. The van der Waals surface area contributed by atoms with Gasteiger partial charge in [0.05, 0.1) is 0 Å². The van der Waals surface area contributed by atoms with Gasteiger partial charge in [-0.05, 0) is 90.2 Å². The van der Waals surface area contributed by atoms with Gasteiger partial charge in [-0.1, -0.05) is 67.8 Å². The molecule has 0 heteroatoms. The largest absolute Gasteiger partial charge is 0.0659 e. The summed E-state index contributed by atoms with van der Waals surface area (Å²) in [6, 6.07) is 13.8. The van der Waals surface area contributed by atoms with Crippen LogP contribution in [0, 0.1) is 18.8 Å². The second-order valence-corrected chi connectivity index (χ2v) is 8.48. The van der Waals surface area contributed by atoms with Crippen molar-refractivity contribution >= 4 is 6.08 Å². The van der Waals surface area contributed by atoms with Crippen molar-refractivity contribution in [3.8, 4) is 11.1 Å². The fraction of sp³-hybridized carbons (Fsp3) is 0.423. The summed E-state index contributed by atoms with van der Waals surface area (Å²) in [5.74, 6) is 1.61. The molecular formula is C26H29. The lowest BCUT2D eigenvalue weighted by atomic mass is 9.74. The molecule has 2 aromatic rings. The molecule has 1 unspecified atom stereocenters. The summed E-state index contributed by atoms with van der Waals surface area (Å²) < 4.78 is 0. The fourth-order valence-corrected chi connectivity index (χ4v) is 5.81. The van der Waals surface area contributed by atoms with Gasteiger partial charge in [0.2, 0.25) is 0 Å². The first-order valence-corrected chi connectivity index (χ1v) is 10.6. The first kappa shape index (κ1) is 16.4. The minimum absolute atomic E-state index is 0.720. The number of rotatable bonds is 3. The molecule has 0 heterocycles. The van der Waals surface area contributed by atoms with E-state index in [1.54, 1.807) is 22.3 Å². The van der Waals surface area contributed by atoms with E-state index in [0.29, 0.717) is 0 Å². The highest BCUT2D eigenvalue weighted by atomic mass is 14.3. The van der Waals surface area contributed by atoms with Crippen molar-refractivity contribution in [1.82, 2.24) is 0 Å². The highest BCUT2D eigenvalue weighted by molar-refractivity contribution is 5.79. The summed E-state index contributed by atoms with van der Waals surface area (Å²) in [5, 5.41) is 0. The molecule has 3 aliphatic rings. The minimum atomic E-state index is 0.720. The van der Waals surface area contributed by atoms with Crippen LogP contribution in [-0.4, -0.2) is 0 Å². The van der Waals surface area contributed by atoms with E-state index in [1.807, 2.05) is 0 Å². The van der Waals surface area contributed by atoms with Gasteiger partial charge in [0.1, 0.15) is 0 Å². The van der Waals surface area contributed by atoms with Crippen LogP contribution in [0.3, 0.4) is 0 Å². The van der Waals surface area contributed by atoms with Gasteiger partial charge in [-0.15, -0.1) is 0 Å². The highest BCUT2D eigenvalue weighted by Gasteiger charge is 2.29. The Bertz CT molecular complexity index is 848. The number of aryl methyl sites for hydroxylation is 2. The highest BCUT2D eigenvalue weighted by Crippen LogP contribution is 2.43. The molecule has 0 spiro atoms. The van der Waals surface area contributed by atoms with Crippen molar-refractivity contribution in [3.05, 3.63) is 71.1 Å². The van der Waals surface area contributed by atoms with Crippen LogP contribution in [0.25, 0.3) is 17.2 Å². The monoisotopic (exact) mass is 341 g/mol. The lowest BCUT2D eigenvalue weighted by Gasteiger charge is -2.31. The zero-order chi connectivity index (χ0) is 17.5. The number of hydrogen-bond donors (Lipinski definition) is 0. The molecular weight excluding hydrogens is 312 g/mol. The van der Waals surface area contributed by atoms with Crippen LogP contribution in [0.15, 0.2) is 42.0 Å². The van der Waals surface area contributed by atoms with E-state index >= 15 is 0 Å². The zero-order valence-electron chi connectivity index (χ0n) is 15.8. The van der Waals surface area contributed by atoms with E-state index in [1.165, 1.54) is 68.1 Å². The number of hydrogen-bond acceptors (Lipinski definition) is 0. The molecule has 5 rings (SSSR count). The Morgan fingerprint density at radius 3 is 2.50 bits per heavy atom. The Morgan fingerprint density at radius 2 is 1.65 bits per heavy atom. The van der Waals surface area contributed by atoms with E-state index < -0.39 is 0 Å². The molecule has 0 aromatic heterocycles. The smallest absolute Gasteiger partial charge is 0.0143 e. The summed E-state index contributed by atoms with van der Waals surface area (Å²) >= 11 is 0. The van der Waals surface area contributed by atoms with Crippen LogP contribution < -0.4 is 0 Å². The third-order valence-corrected chi connectivity index (χ3v) is 7.17. The molecule has 0 nitrogen and oxygen atoms in total. The molecule has 1 atom stereocenters. The van der Waals surface area contributed by atoms with Gasteiger partial charge in [0, 0.05) is 0 Å². The molecule has 3 aliphatic carbocycles. The van der Waals surface area contributed by atoms with Crippen LogP contribution in [-0.2, 0) is 19.3 Å². The Labute approximate surface area is 158 Å². The van der Waals surface area contributed by atoms with Crippen molar-refractivity contribution in [2.45, 2.75) is 57.8 Å². The van der Waals surface area contributed by atoms with Gasteiger partial charge < -0.3 is 0 Å². The quantitative estimate of drug-likeness (QED) is 0.575. The second-order valence-electron chi connectivity index (χ2n) is 8.48. The molecule has 133 valence electrons. The Balaban J connectivity index is 1.58. The van der Waals surface area contributed by atoms with E-state index in [4.69, 9.17) is 0 Å². The predicted octanol–water partition coefficient (Wildman–Crippen LogP) is 6.81. The standard InChI is InChI=1S/C26H29/c1-2-22(18-7-3-4-8-18)21-12-11-20-14-15-24-23-10-6-5-9-19(23)13-16-25(24)26(20)17-21/h5-6,9-10,14-15,17-18,22H,1-4,7-8,11-13,16H2. The van der Waals surface area contributed by atoms with Crippen molar-refractivity contribution in [1.29, 1.82) is 0 Å². The molecule has 26 heavy (non-hydrogen) atoms. The number of fused-ring (bicyclic) bond motifs is 5. The topological polar surface area (TPSA) is 0 Å². The van der Waals surface area contributed by atoms with Gasteiger partial charge in [0.15, 0.2) is 0 Å². The van der Waals surface area contributed by atoms with Crippen LogP contribution in [0.2, 0.25) is 0 Å². The van der Waals surface area contributed by atoms with Crippen molar-refractivity contribution in [3.63, 3.8) is 0 Å². The van der Waals surface area contributed by atoms with E-state index in [2.05, 4.69) is 49.4 Å². The summed E-state index contributed by atoms with van der Waals surface area (Å²) in [6.45, 7) is 4.34. The molecule has 0 bridgehead atoms. The summed E-state index contributed by atoms with van der Waals surface area (Å²) in [6.07, 6.45) is 14.2. The van der Waals surface area contributed by atoms with Crippen LogP contribution in [0.1, 0.15) is 60.8 Å². The molecule has 0 N–H and O–H groups in total. The van der Waals surface area contributed by atoms with Crippen molar-refractivity contribution < 1.29 is 0 Å². The average molecular weight is 342 g/mol. The minimum Gasteiger partial charge on any atom is -0.0659 e. The number of allylic oxidation sites excluding steroid dienone is 1. The van der Waals surface area contributed by atoms with Gasteiger partial charge in [-0.3, -0.25) is 0 Å². The van der Waals surface area contributed by atoms with Crippen molar-refractivity contribution in [2.75, 3.05) is 0 Å². The number of benzene rings is 2. The fourth-order valence-electron chi connectivity index (χ4n) is 5.81. The molecule has 1 fully saturated rings. The first-order valence-electron chi connectivity index (χ1n) is 10.6. The first-order chi connectivity index (χ1) is 12.8. The molecule has 1 saturated carbocycles. The molecule has 0 saturated heterocycles. The normalized spacial score (nSPS) is 20.1. The van der Waals surface area contributed by atoms with Gasteiger partial charge >= 0.3 is 0 Å². The van der Waals surface area contributed by atoms with Gasteiger partial charge in [0.25, 0.3) is 0 Å².